The molecule has 7 nitrogen and oxygen atoms in total. The van der Waals surface area contributed by atoms with Crippen LogP contribution in [0.15, 0.2) is 12.1 Å². The van der Waals surface area contributed by atoms with E-state index in [0.717, 1.165) is 6.54 Å². The van der Waals surface area contributed by atoms with Crippen molar-refractivity contribution in [3.63, 3.8) is 0 Å². The molecule has 0 radical (unpaired) electrons. The lowest BCUT2D eigenvalue weighted by Crippen LogP contribution is -2.27. The summed E-state index contributed by atoms with van der Waals surface area (Å²) in [6.45, 7) is 1.37. The van der Waals surface area contributed by atoms with Crippen LogP contribution in [-0.2, 0) is 0 Å². The van der Waals surface area contributed by atoms with Crippen molar-refractivity contribution in [2.75, 3.05) is 44.9 Å². The number of nitrogens with two attached hydrogens (primary N) is 1. The molecule has 0 aliphatic rings. The molecule has 0 aromatic heterocycles. The number of nitrogens with zero attached hydrogens (tertiary/aromatic N) is 2. The summed E-state index contributed by atoms with van der Waals surface area (Å²) >= 11 is 0. The minimum Gasteiger partial charge on any atom is -0.495 e. The molecule has 0 heterocycles. The van der Waals surface area contributed by atoms with E-state index in [0.29, 0.717) is 18.0 Å². The van der Waals surface area contributed by atoms with Crippen LogP contribution in [0.3, 0.4) is 0 Å². The molecular formula is C11H18N4O3. The van der Waals surface area contributed by atoms with Crippen LogP contribution in [-0.4, -0.2) is 39.2 Å². The quantitative estimate of drug-likeness (QED) is 0.444. The number of nitro benzene ring substituents is 1. The van der Waals surface area contributed by atoms with E-state index in [-0.39, 0.29) is 11.4 Å². The van der Waals surface area contributed by atoms with Gasteiger partial charge in [0.1, 0.15) is 11.4 Å². The standard InChI is InChI=1S/C11H18N4O3/c1-13-4-5-14(2)9-7-11(18-3)8(12)6-10(9)15(16)17/h6-7,13H,4-5,12H2,1-3H3. The third kappa shape index (κ3) is 3.01. The summed E-state index contributed by atoms with van der Waals surface area (Å²) in [6.07, 6.45) is 0. The second-order valence-electron chi connectivity index (χ2n) is 3.87. The first-order valence-corrected chi connectivity index (χ1v) is 5.49. The molecule has 0 unspecified atom stereocenters. The van der Waals surface area contributed by atoms with Crippen molar-refractivity contribution in [3.05, 3.63) is 22.2 Å². The van der Waals surface area contributed by atoms with Crippen molar-refractivity contribution in [1.29, 1.82) is 0 Å². The number of hydrogen-bond donors (Lipinski definition) is 2. The number of benzene rings is 1. The van der Waals surface area contributed by atoms with Crippen molar-refractivity contribution in [2.45, 2.75) is 0 Å². The van der Waals surface area contributed by atoms with Crippen LogP contribution >= 0.6 is 0 Å². The minimum absolute atomic E-state index is 0.0214. The molecule has 100 valence electrons. The summed E-state index contributed by atoms with van der Waals surface area (Å²) in [6, 6.07) is 2.91. The van der Waals surface area contributed by atoms with Gasteiger partial charge in [-0.2, -0.15) is 0 Å². The zero-order chi connectivity index (χ0) is 13.7. The summed E-state index contributed by atoms with van der Waals surface area (Å²) in [7, 11) is 5.09. The fourth-order valence-corrected chi connectivity index (χ4v) is 1.60. The van der Waals surface area contributed by atoms with Crippen LogP contribution in [0, 0.1) is 10.1 Å². The molecule has 1 aromatic carbocycles. The van der Waals surface area contributed by atoms with Gasteiger partial charge in [-0.05, 0) is 7.05 Å². The minimum atomic E-state index is -0.443. The second-order valence-corrected chi connectivity index (χ2v) is 3.87. The van der Waals surface area contributed by atoms with Crippen LogP contribution in [0.4, 0.5) is 17.1 Å². The Morgan fingerprint density at radius 3 is 2.72 bits per heavy atom. The molecule has 7 heteroatoms. The van der Waals surface area contributed by atoms with Gasteiger partial charge in [0.25, 0.3) is 5.69 Å². The van der Waals surface area contributed by atoms with Crippen molar-refractivity contribution < 1.29 is 9.66 Å². The topological polar surface area (TPSA) is 93.7 Å². The molecule has 0 saturated carbocycles. The lowest BCUT2D eigenvalue weighted by Gasteiger charge is -2.20. The molecule has 1 aromatic rings. The number of ether oxygens (including phenoxy) is 1. The summed E-state index contributed by atoms with van der Waals surface area (Å²) < 4.78 is 5.09. The van der Waals surface area contributed by atoms with Gasteiger partial charge < -0.3 is 20.7 Å². The van der Waals surface area contributed by atoms with E-state index in [1.165, 1.54) is 13.2 Å². The predicted octanol–water partition coefficient (Wildman–Crippen LogP) is 0.841. The first-order valence-electron chi connectivity index (χ1n) is 5.49. The number of rotatable bonds is 6. The highest BCUT2D eigenvalue weighted by Gasteiger charge is 2.20. The summed E-state index contributed by atoms with van der Waals surface area (Å²) in [4.78, 5) is 12.4. The molecule has 0 aliphatic carbocycles. The zero-order valence-electron chi connectivity index (χ0n) is 10.8. The van der Waals surface area contributed by atoms with Gasteiger partial charge in [-0.25, -0.2) is 0 Å². The van der Waals surface area contributed by atoms with Gasteiger partial charge in [-0.15, -0.1) is 0 Å². The molecule has 0 amide bonds. The molecule has 18 heavy (non-hydrogen) atoms. The number of nitrogen functional groups attached to an aromatic ring is 1. The Morgan fingerprint density at radius 1 is 1.56 bits per heavy atom. The van der Waals surface area contributed by atoms with Crippen molar-refractivity contribution in [1.82, 2.24) is 5.32 Å². The average molecular weight is 254 g/mol. The highest BCUT2D eigenvalue weighted by atomic mass is 16.6. The molecule has 0 aliphatic heterocycles. The van der Waals surface area contributed by atoms with E-state index < -0.39 is 4.92 Å². The van der Waals surface area contributed by atoms with Gasteiger partial charge in [0.15, 0.2) is 0 Å². The van der Waals surface area contributed by atoms with Gasteiger partial charge in [0.05, 0.1) is 17.7 Å². The van der Waals surface area contributed by atoms with Gasteiger partial charge in [0, 0.05) is 32.3 Å². The van der Waals surface area contributed by atoms with Crippen molar-refractivity contribution in [2.24, 2.45) is 0 Å². The number of hydrogen-bond acceptors (Lipinski definition) is 6. The smallest absolute Gasteiger partial charge is 0.294 e. The van der Waals surface area contributed by atoms with Crippen LogP contribution in [0.2, 0.25) is 0 Å². The zero-order valence-corrected chi connectivity index (χ0v) is 10.8. The van der Waals surface area contributed by atoms with Crippen LogP contribution in [0.25, 0.3) is 0 Å². The van der Waals surface area contributed by atoms with Gasteiger partial charge in [-0.3, -0.25) is 10.1 Å². The number of nitro groups is 1. The third-order valence-corrected chi connectivity index (χ3v) is 2.63. The molecule has 0 bridgehead atoms. The highest BCUT2D eigenvalue weighted by Crippen LogP contribution is 2.36. The van der Waals surface area contributed by atoms with E-state index in [1.807, 2.05) is 7.05 Å². The van der Waals surface area contributed by atoms with Crippen LogP contribution < -0.4 is 20.7 Å². The van der Waals surface area contributed by atoms with Gasteiger partial charge in [-0.1, -0.05) is 0 Å². The Balaban J connectivity index is 3.17. The number of anilines is 2. The average Bonchev–Trinajstić information content (AvgIpc) is 2.35. The van der Waals surface area contributed by atoms with E-state index in [9.17, 15) is 10.1 Å². The Labute approximate surface area is 106 Å². The van der Waals surface area contributed by atoms with E-state index >= 15 is 0 Å². The fourth-order valence-electron chi connectivity index (χ4n) is 1.60. The lowest BCUT2D eigenvalue weighted by atomic mass is 10.2. The normalized spacial score (nSPS) is 10.2. The summed E-state index contributed by atoms with van der Waals surface area (Å²) in [5.74, 6) is 0.437. The number of likely N-dealkylation sites (N-methyl/N-ethyl adjacent to an activating group) is 2. The molecule has 0 fully saturated rings. The molecule has 1 rings (SSSR count). The second kappa shape index (κ2) is 6.06. The molecule has 3 N–H and O–H groups in total. The Hall–Kier alpha value is -2.02. The lowest BCUT2D eigenvalue weighted by molar-refractivity contribution is -0.384. The van der Waals surface area contributed by atoms with Crippen molar-refractivity contribution >= 4 is 17.1 Å². The largest absolute Gasteiger partial charge is 0.495 e. The van der Waals surface area contributed by atoms with Crippen LogP contribution in [0.5, 0.6) is 5.75 Å². The van der Waals surface area contributed by atoms with Crippen molar-refractivity contribution in [3.8, 4) is 5.75 Å². The Morgan fingerprint density at radius 2 is 2.22 bits per heavy atom. The number of methoxy groups -OCH3 is 1. The van der Waals surface area contributed by atoms with E-state index in [1.54, 1.807) is 18.0 Å². The maximum absolute atomic E-state index is 11.0. The van der Waals surface area contributed by atoms with E-state index in [2.05, 4.69) is 5.32 Å². The summed E-state index contributed by atoms with van der Waals surface area (Å²) in [5.41, 5.74) is 6.40. The summed E-state index contributed by atoms with van der Waals surface area (Å²) in [5, 5.41) is 14.0. The maximum Gasteiger partial charge on any atom is 0.294 e. The van der Waals surface area contributed by atoms with Gasteiger partial charge in [0.2, 0.25) is 0 Å². The predicted molar refractivity (Wildman–Crippen MR) is 71.3 cm³/mol. The highest BCUT2D eigenvalue weighted by molar-refractivity contribution is 5.73. The molecular weight excluding hydrogens is 236 g/mol. The Kier molecular flexibility index (Phi) is 4.73. The third-order valence-electron chi connectivity index (χ3n) is 2.63. The SMILES string of the molecule is CNCCN(C)c1cc(OC)c(N)cc1[N+](=O)[O-]. The molecule has 0 spiro atoms. The monoisotopic (exact) mass is 254 g/mol. The molecule has 0 atom stereocenters. The van der Waals surface area contributed by atoms with Gasteiger partial charge >= 0.3 is 0 Å². The Bertz CT molecular complexity index is 437. The first-order chi connectivity index (χ1) is 8.51. The molecule has 0 saturated heterocycles. The maximum atomic E-state index is 11.0. The fraction of sp³-hybridized carbons (Fsp3) is 0.455. The van der Waals surface area contributed by atoms with E-state index in [4.69, 9.17) is 10.5 Å². The number of nitrogens with one attached hydrogen (secondary N) is 1. The van der Waals surface area contributed by atoms with Crippen LogP contribution in [0.1, 0.15) is 0 Å². The first kappa shape index (κ1) is 14.0.